The Labute approximate surface area is 105 Å². The molecule has 0 bridgehead atoms. The van der Waals surface area contributed by atoms with Crippen LogP contribution in [0.4, 0.5) is 5.82 Å². The highest BCUT2D eigenvalue weighted by Gasteiger charge is 2.34. The molecule has 2 aromatic rings. The first-order valence-electron chi connectivity index (χ1n) is 5.93. The van der Waals surface area contributed by atoms with Crippen LogP contribution in [0, 0.1) is 0 Å². The molecule has 0 saturated heterocycles. The van der Waals surface area contributed by atoms with Gasteiger partial charge in [-0.05, 0) is 18.9 Å². The van der Waals surface area contributed by atoms with E-state index in [1.807, 2.05) is 13.8 Å². The van der Waals surface area contributed by atoms with Crippen LogP contribution in [-0.2, 0) is 4.79 Å². The molecule has 6 heteroatoms. The van der Waals surface area contributed by atoms with Gasteiger partial charge in [0.15, 0.2) is 5.65 Å². The van der Waals surface area contributed by atoms with Crippen LogP contribution in [0.25, 0.3) is 5.65 Å². The molecule has 0 spiro atoms. The van der Waals surface area contributed by atoms with E-state index in [9.17, 15) is 9.90 Å². The Morgan fingerprint density at radius 2 is 2.17 bits per heavy atom. The van der Waals surface area contributed by atoms with Crippen molar-refractivity contribution in [3.63, 3.8) is 0 Å². The average molecular weight is 248 g/mol. The zero-order valence-electron chi connectivity index (χ0n) is 10.4. The van der Waals surface area contributed by atoms with Crippen LogP contribution in [0.15, 0.2) is 24.5 Å². The van der Waals surface area contributed by atoms with Crippen molar-refractivity contribution in [3.8, 4) is 0 Å². The number of carbonyl (C=O) groups is 1. The van der Waals surface area contributed by atoms with Crippen molar-refractivity contribution in [2.75, 3.05) is 5.32 Å². The summed E-state index contributed by atoms with van der Waals surface area (Å²) in [6.07, 6.45) is 4.38. The van der Waals surface area contributed by atoms with E-state index in [0.29, 0.717) is 24.3 Å². The third-order valence-corrected chi connectivity index (χ3v) is 3.24. The molecule has 2 N–H and O–H groups in total. The van der Waals surface area contributed by atoms with E-state index >= 15 is 0 Å². The summed E-state index contributed by atoms with van der Waals surface area (Å²) in [7, 11) is 0. The molecule has 96 valence electrons. The molecule has 0 aliphatic carbocycles. The minimum atomic E-state index is -0.967. The number of hydrogen-bond acceptors (Lipinski definition) is 4. The van der Waals surface area contributed by atoms with Crippen LogP contribution in [-0.4, -0.2) is 31.2 Å². The van der Waals surface area contributed by atoms with Gasteiger partial charge in [0, 0.05) is 12.3 Å². The number of rotatable bonds is 5. The number of aromatic nitrogens is 3. The standard InChI is InChI=1S/C12H16N4O2/c1-3-12(4-2,11(17)18)15-9-6-8-16-10(14-9)5-7-13-16/h5-8H,3-4H2,1-2H3,(H,14,15)(H,17,18). The molecule has 6 nitrogen and oxygen atoms in total. The zero-order chi connectivity index (χ0) is 13.2. The highest BCUT2D eigenvalue weighted by Crippen LogP contribution is 2.21. The number of carboxylic acid groups (broad SMARTS) is 1. The van der Waals surface area contributed by atoms with E-state index in [1.165, 1.54) is 0 Å². The number of anilines is 1. The fourth-order valence-electron chi connectivity index (χ4n) is 1.91. The second kappa shape index (κ2) is 4.64. The van der Waals surface area contributed by atoms with Gasteiger partial charge in [0.2, 0.25) is 0 Å². The topological polar surface area (TPSA) is 79.5 Å². The molecule has 18 heavy (non-hydrogen) atoms. The highest BCUT2D eigenvalue weighted by molar-refractivity contribution is 5.82. The minimum Gasteiger partial charge on any atom is -0.480 e. The molecule has 0 amide bonds. The smallest absolute Gasteiger partial charge is 0.329 e. The number of carboxylic acids is 1. The first-order valence-corrected chi connectivity index (χ1v) is 5.93. The molecule has 0 unspecified atom stereocenters. The maximum Gasteiger partial charge on any atom is 0.329 e. The molecular formula is C12H16N4O2. The van der Waals surface area contributed by atoms with Crippen molar-refractivity contribution in [1.29, 1.82) is 0 Å². The summed E-state index contributed by atoms with van der Waals surface area (Å²) in [5.41, 5.74) is -0.280. The summed E-state index contributed by atoms with van der Waals surface area (Å²) in [6, 6.07) is 3.49. The normalized spacial score (nSPS) is 11.7. The van der Waals surface area contributed by atoms with Crippen LogP contribution in [0.3, 0.4) is 0 Å². The SMILES string of the molecule is CCC(CC)(Nc1ccn2nccc2n1)C(=O)O. The lowest BCUT2D eigenvalue weighted by Crippen LogP contribution is -2.45. The molecule has 2 rings (SSSR count). The van der Waals surface area contributed by atoms with Gasteiger partial charge in [0.1, 0.15) is 11.4 Å². The molecule has 0 atom stereocenters. The molecule has 0 saturated carbocycles. The van der Waals surface area contributed by atoms with E-state index in [2.05, 4.69) is 15.4 Å². The first kappa shape index (κ1) is 12.3. The van der Waals surface area contributed by atoms with Gasteiger partial charge in [-0.1, -0.05) is 13.8 Å². The van der Waals surface area contributed by atoms with E-state index in [0.717, 1.165) is 0 Å². The molecule has 0 radical (unpaired) electrons. The summed E-state index contributed by atoms with van der Waals surface area (Å²) < 4.78 is 1.63. The Kier molecular flexibility index (Phi) is 3.18. The molecule has 0 fully saturated rings. The second-order valence-corrected chi connectivity index (χ2v) is 4.17. The van der Waals surface area contributed by atoms with Gasteiger partial charge in [-0.2, -0.15) is 5.10 Å². The fourth-order valence-corrected chi connectivity index (χ4v) is 1.91. The number of nitrogens with one attached hydrogen (secondary N) is 1. The van der Waals surface area contributed by atoms with Crippen molar-refractivity contribution in [3.05, 3.63) is 24.5 Å². The Morgan fingerprint density at radius 3 is 2.78 bits per heavy atom. The number of hydrogen-bond donors (Lipinski definition) is 2. The third-order valence-electron chi connectivity index (χ3n) is 3.24. The van der Waals surface area contributed by atoms with E-state index in [4.69, 9.17) is 0 Å². The van der Waals surface area contributed by atoms with Crippen LogP contribution < -0.4 is 5.32 Å². The number of fused-ring (bicyclic) bond motifs is 1. The molecule has 2 aromatic heterocycles. The lowest BCUT2D eigenvalue weighted by atomic mass is 9.93. The van der Waals surface area contributed by atoms with Crippen molar-refractivity contribution in [2.45, 2.75) is 32.2 Å². The monoisotopic (exact) mass is 248 g/mol. The maximum atomic E-state index is 11.4. The lowest BCUT2D eigenvalue weighted by molar-refractivity contribution is -0.142. The van der Waals surface area contributed by atoms with Crippen LogP contribution in [0.2, 0.25) is 0 Å². The summed E-state index contributed by atoms with van der Waals surface area (Å²) in [5, 5.41) is 16.4. The Hall–Kier alpha value is -2.11. The Morgan fingerprint density at radius 1 is 1.44 bits per heavy atom. The van der Waals surface area contributed by atoms with Crippen LogP contribution in [0.1, 0.15) is 26.7 Å². The Balaban J connectivity index is 2.33. The predicted octanol–water partition coefficient (Wildman–Crippen LogP) is 1.78. The van der Waals surface area contributed by atoms with E-state index < -0.39 is 11.5 Å². The van der Waals surface area contributed by atoms with Gasteiger partial charge in [-0.15, -0.1) is 0 Å². The minimum absolute atomic E-state index is 0.491. The van der Waals surface area contributed by atoms with Crippen LogP contribution in [0.5, 0.6) is 0 Å². The van der Waals surface area contributed by atoms with Gasteiger partial charge in [0.05, 0.1) is 6.20 Å². The fraction of sp³-hybridized carbons (Fsp3) is 0.417. The van der Waals surface area contributed by atoms with Gasteiger partial charge in [-0.3, -0.25) is 0 Å². The summed E-state index contributed by atoms with van der Waals surface area (Å²) >= 11 is 0. The summed E-state index contributed by atoms with van der Waals surface area (Å²) in [5.74, 6) is -0.309. The Bertz CT molecular complexity index is 560. The van der Waals surface area contributed by atoms with Crippen molar-refractivity contribution in [1.82, 2.24) is 14.6 Å². The number of aliphatic carboxylic acids is 1. The van der Waals surface area contributed by atoms with Crippen molar-refractivity contribution in [2.24, 2.45) is 0 Å². The van der Waals surface area contributed by atoms with E-state index in [1.54, 1.807) is 29.0 Å². The molecule has 0 aliphatic rings. The molecule has 2 heterocycles. The molecule has 0 aromatic carbocycles. The molecular weight excluding hydrogens is 232 g/mol. The van der Waals surface area contributed by atoms with Crippen molar-refractivity contribution < 1.29 is 9.90 Å². The van der Waals surface area contributed by atoms with Gasteiger partial charge in [-0.25, -0.2) is 14.3 Å². The first-order chi connectivity index (χ1) is 8.61. The maximum absolute atomic E-state index is 11.4. The lowest BCUT2D eigenvalue weighted by Gasteiger charge is -2.28. The highest BCUT2D eigenvalue weighted by atomic mass is 16.4. The summed E-state index contributed by atoms with van der Waals surface area (Å²) in [6.45, 7) is 3.70. The summed E-state index contributed by atoms with van der Waals surface area (Å²) in [4.78, 5) is 15.7. The van der Waals surface area contributed by atoms with Gasteiger partial charge < -0.3 is 10.4 Å². The van der Waals surface area contributed by atoms with Crippen molar-refractivity contribution >= 4 is 17.4 Å². The zero-order valence-corrected chi connectivity index (χ0v) is 10.4. The van der Waals surface area contributed by atoms with E-state index in [-0.39, 0.29) is 0 Å². The molecule has 0 aliphatic heterocycles. The average Bonchev–Trinajstić information content (AvgIpc) is 2.83. The van der Waals surface area contributed by atoms with Gasteiger partial charge >= 0.3 is 5.97 Å². The largest absolute Gasteiger partial charge is 0.480 e. The quantitative estimate of drug-likeness (QED) is 0.843. The van der Waals surface area contributed by atoms with Crippen LogP contribution >= 0.6 is 0 Å². The van der Waals surface area contributed by atoms with Gasteiger partial charge in [0.25, 0.3) is 0 Å². The number of nitrogens with zero attached hydrogens (tertiary/aromatic N) is 3. The predicted molar refractivity (Wildman–Crippen MR) is 67.6 cm³/mol. The second-order valence-electron chi connectivity index (χ2n) is 4.17. The third kappa shape index (κ3) is 2.01.